The summed E-state index contributed by atoms with van der Waals surface area (Å²) in [5, 5.41) is 3.15. The summed E-state index contributed by atoms with van der Waals surface area (Å²) in [6.07, 6.45) is -1.10. The van der Waals surface area contributed by atoms with Crippen molar-refractivity contribution < 1.29 is 23.5 Å². The molecule has 0 saturated carbocycles. The van der Waals surface area contributed by atoms with E-state index in [0.29, 0.717) is 26.2 Å². The topological polar surface area (TPSA) is 64.6 Å². The van der Waals surface area contributed by atoms with Crippen LogP contribution in [0.5, 0.6) is 0 Å². The number of imide groups is 1. The first-order valence-electron chi connectivity index (χ1n) is 7.86. The van der Waals surface area contributed by atoms with Crippen molar-refractivity contribution >= 4 is 12.2 Å². The number of nitrogens with one attached hydrogen (secondary N) is 1. The predicted octanol–water partition coefficient (Wildman–Crippen LogP) is 2.68. The quantitative estimate of drug-likeness (QED) is 0.849. The second-order valence-corrected chi connectivity index (χ2v) is 6.69. The van der Waals surface area contributed by atoms with Gasteiger partial charge in [0.25, 0.3) is 0 Å². The Hall–Kier alpha value is -1.92. The average molecular weight is 321 g/mol. The van der Waals surface area contributed by atoms with Crippen LogP contribution in [0, 0.1) is 0 Å². The van der Waals surface area contributed by atoms with Crippen LogP contribution in [0.25, 0.3) is 0 Å². The number of hydrogen-bond donors (Lipinski definition) is 1. The highest BCUT2D eigenvalue weighted by molar-refractivity contribution is 5.76. The molecule has 0 bridgehead atoms. The molecule has 0 aliphatic carbocycles. The predicted molar refractivity (Wildman–Crippen MR) is 85.7 cm³/mol. The molecule has 23 heavy (non-hydrogen) atoms. The Morgan fingerprint density at radius 3 is 2.26 bits per heavy atom. The smallest absolute Gasteiger partial charge is 0.415 e. The highest BCUT2D eigenvalue weighted by Gasteiger charge is 2.50. The highest BCUT2D eigenvalue weighted by atomic mass is 16.6. The number of quaternary nitrogens is 1. The van der Waals surface area contributed by atoms with E-state index in [1.54, 1.807) is 20.8 Å². The second-order valence-electron chi connectivity index (χ2n) is 6.69. The standard InChI is InChI=1S/C17H25N2O4/c1-17(2,3)23-16(21)19(11-9-18-10-12-19)15(20)22-13-14-7-5-4-6-8-14/h4-8,18H,9-13H2,1-3H3/q+1. The number of hydrogen-bond acceptors (Lipinski definition) is 5. The Morgan fingerprint density at radius 1 is 1.09 bits per heavy atom. The first kappa shape index (κ1) is 17.4. The molecule has 0 unspecified atom stereocenters. The summed E-state index contributed by atoms with van der Waals surface area (Å²) in [6, 6.07) is 9.42. The van der Waals surface area contributed by atoms with Crippen LogP contribution in [0.3, 0.4) is 0 Å². The van der Waals surface area contributed by atoms with E-state index in [9.17, 15) is 9.59 Å². The Labute approximate surface area is 137 Å². The minimum Gasteiger partial charge on any atom is -0.415 e. The number of carbonyl (C=O) groups is 2. The van der Waals surface area contributed by atoms with Crippen LogP contribution in [-0.2, 0) is 16.1 Å². The van der Waals surface area contributed by atoms with Gasteiger partial charge in [-0.25, -0.2) is 0 Å². The van der Waals surface area contributed by atoms with Gasteiger partial charge in [0.2, 0.25) is 0 Å². The zero-order valence-electron chi connectivity index (χ0n) is 14.0. The van der Waals surface area contributed by atoms with Crippen LogP contribution in [-0.4, -0.2) is 48.4 Å². The van der Waals surface area contributed by atoms with Crippen molar-refractivity contribution in [3.8, 4) is 0 Å². The molecule has 1 aromatic rings. The minimum absolute atomic E-state index is 0.149. The lowest BCUT2D eigenvalue weighted by atomic mass is 10.2. The maximum absolute atomic E-state index is 12.6. The summed E-state index contributed by atoms with van der Waals surface area (Å²) in [7, 11) is 0. The molecular weight excluding hydrogens is 296 g/mol. The molecule has 0 aromatic heterocycles. The zero-order chi connectivity index (χ0) is 16.9. The molecule has 1 heterocycles. The highest BCUT2D eigenvalue weighted by Crippen LogP contribution is 2.20. The fourth-order valence-electron chi connectivity index (χ4n) is 2.41. The molecule has 0 radical (unpaired) electrons. The number of nitrogens with zero attached hydrogens (tertiary/aromatic N) is 1. The Kier molecular flexibility index (Phi) is 5.38. The third-order valence-corrected chi connectivity index (χ3v) is 3.64. The van der Waals surface area contributed by atoms with Gasteiger partial charge in [0.05, 0.1) is 0 Å². The number of rotatable bonds is 2. The summed E-state index contributed by atoms with van der Waals surface area (Å²) in [5.41, 5.74) is 0.241. The van der Waals surface area contributed by atoms with Crippen molar-refractivity contribution in [2.45, 2.75) is 33.0 Å². The summed E-state index contributed by atoms with van der Waals surface area (Å²) in [4.78, 5) is 25.3. The molecule has 2 amide bonds. The fraction of sp³-hybridized carbons (Fsp3) is 0.529. The van der Waals surface area contributed by atoms with Gasteiger partial charge in [0, 0.05) is 13.1 Å². The van der Waals surface area contributed by atoms with Crippen molar-refractivity contribution in [1.29, 1.82) is 0 Å². The molecule has 1 aromatic carbocycles. The molecule has 0 atom stereocenters. The number of piperazine rings is 1. The van der Waals surface area contributed by atoms with Crippen molar-refractivity contribution in [1.82, 2.24) is 5.32 Å². The minimum atomic E-state index is -0.646. The maximum atomic E-state index is 12.6. The van der Waals surface area contributed by atoms with E-state index >= 15 is 0 Å². The third kappa shape index (κ3) is 4.53. The molecule has 1 aliphatic rings. The molecule has 1 N–H and O–H groups in total. The lowest BCUT2D eigenvalue weighted by Crippen LogP contribution is -2.65. The van der Waals surface area contributed by atoms with Crippen LogP contribution in [0.15, 0.2) is 30.3 Å². The molecule has 6 nitrogen and oxygen atoms in total. The lowest BCUT2D eigenvalue weighted by Gasteiger charge is -2.35. The van der Waals surface area contributed by atoms with Crippen molar-refractivity contribution in [2.75, 3.05) is 26.2 Å². The average Bonchev–Trinajstić information content (AvgIpc) is 2.52. The fourth-order valence-corrected chi connectivity index (χ4v) is 2.41. The summed E-state index contributed by atoms with van der Waals surface area (Å²) < 4.78 is 10.5. The number of carbonyl (C=O) groups excluding carboxylic acids is 2. The van der Waals surface area contributed by atoms with Crippen LogP contribution >= 0.6 is 0 Å². The van der Waals surface area contributed by atoms with Crippen LogP contribution in [0.2, 0.25) is 0 Å². The summed E-state index contributed by atoms with van der Waals surface area (Å²) >= 11 is 0. The van der Waals surface area contributed by atoms with Crippen molar-refractivity contribution in [3.05, 3.63) is 35.9 Å². The molecule has 1 saturated heterocycles. The molecule has 0 spiro atoms. The zero-order valence-corrected chi connectivity index (χ0v) is 14.0. The van der Waals surface area contributed by atoms with E-state index in [4.69, 9.17) is 9.47 Å². The number of benzene rings is 1. The van der Waals surface area contributed by atoms with Gasteiger partial charge in [0.15, 0.2) is 0 Å². The van der Waals surface area contributed by atoms with Gasteiger partial charge in [-0.05, 0) is 26.3 Å². The number of amides is 2. The first-order valence-corrected chi connectivity index (χ1v) is 7.86. The van der Waals surface area contributed by atoms with Crippen molar-refractivity contribution in [3.63, 3.8) is 0 Å². The van der Waals surface area contributed by atoms with E-state index in [1.807, 2.05) is 30.3 Å². The van der Waals surface area contributed by atoms with Gasteiger partial charge in [-0.2, -0.15) is 9.59 Å². The SMILES string of the molecule is CC(C)(C)OC(=O)[N+]1(C(=O)OCc2ccccc2)CCNCC1. The molecule has 1 fully saturated rings. The van der Waals surface area contributed by atoms with E-state index in [0.717, 1.165) is 5.56 Å². The Bertz CT molecular complexity index is 545. The number of ether oxygens (including phenoxy) is 2. The Morgan fingerprint density at radius 2 is 1.70 bits per heavy atom. The van der Waals surface area contributed by atoms with Gasteiger partial charge < -0.3 is 14.8 Å². The van der Waals surface area contributed by atoms with Gasteiger partial charge in [-0.1, -0.05) is 30.3 Å². The van der Waals surface area contributed by atoms with Gasteiger partial charge in [-0.3, -0.25) is 0 Å². The molecule has 1 aliphatic heterocycles. The first-order chi connectivity index (χ1) is 10.8. The molecule has 6 heteroatoms. The van der Waals surface area contributed by atoms with Crippen molar-refractivity contribution in [2.24, 2.45) is 0 Å². The van der Waals surface area contributed by atoms with Gasteiger partial charge >= 0.3 is 12.2 Å². The normalized spacial score (nSPS) is 17.3. The largest absolute Gasteiger partial charge is 0.527 e. The van der Waals surface area contributed by atoms with E-state index in [2.05, 4.69) is 5.32 Å². The molecule has 126 valence electrons. The Balaban J connectivity index is 2.10. The van der Waals surface area contributed by atoms with E-state index in [-0.39, 0.29) is 6.61 Å². The second kappa shape index (κ2) is 7.10. The summed E-state index contributed by atoms with van der Waals surface area (Å²) in [6.45, 7) is 7.33. The molecular formula is C17H25N2O4+. The van der Waals surface area contributed by atoms with Crippen LogP contribution in [0.1, 0.15) is 26.3 Å². The van der Waals surface area contributed by atoms with E-state index < -0.39 is 22.3 Å². The van der Waals surface area contributed by atoms with E-state index in [1.165, 1.54) is 0 Å². The van der Waals surface area contributed by atoms with Crippen LogP contribution in [0.4, 0.5) is 9.59 Å². The molecule has 2 rings (SSSR count). The summed E-state index contributed by atoms with van der Waals surface area (Å²) in [5.74, 6) is 0. The lowest BCUT2D eigenvalue weighted by molar-refractivity contribution is -0.789. The van der Waals surface area contributed by atoms with Gasteiger partial charge in [0.1, 0.15) is 25.3 Å². The van der Waals surface area contributed by atoms with Crippen LogP contribution < -0.4 is 5.32 Å². The van der Waals surface area contributed by atoms with Gasteiger partial charge in [-0.15, -0.1) is 4.48 Å². The third-order valence-electron chi connectivity index (χ3n) is 3.64. The monoisotopic (exact) mass is 321 g/mol. The maximum Gasteiger partial charge on any atom is 0.527 e.